The molecular weight excluding hydrogens is 368 g/mol. The van der Waals surface area contributed by atoms with Gasteiger partial charge in [0.25, 0.3) is 0 Å². The highest BCUT2D eigenvalue weighted by molar-refractivity contribution is 5.95. The fraction of sp³-hybridized carbons (Fsp3) is 0.333. The number of aromatic hydroxyl groups is 1. The Morgan fingerprint density at radius 2 is 1.72 bits per heavy atom. The topological polar surface area (TPSA) is 96.2 Å². The molecule has 148 valence electrons. The third kappa shape index (κ3) is 3.10. The Labute approximate surface area is 168 Å². The first-order valence-corrected chi connectivity index (χ1v) is 9.87. The average Bonchev–Trinajstić information content (AvgIpc) is 3.37. The van der Waals surface area contributed by atoms with Crippen LogP contribution in [0.2, 0.25) is 0 Å². The number of anilines is 2. The Kier molecular flexibility index (Phi) is 4.19. The highest BCUT2D eigenvalue weighted by Crippen LogP contribution is 2.40. The van der Waals surface area contributed by atoms with Crippen molar-refractivity contribution in [2.75, 3.05) is 23.3 Å². The first-order valence-electron chi connectivity index (χ1n) is 9.87. The lowest BCUT2D eigenvalue weighted by Crippen LogP contribution is -2.25. The molecule has 1 fully saturated rings. The minimum Gasteiger partial charge on any atom is -0.508 e. The van der Waals surface area contributed by atoms with Crippen LogP contribution in [0.25, 0.3) is 5.82 Å². The first-order chi connectivity index (χ1) is 14.1. The quantitative estimate of drug-likeness (QED) is 0.714. The van der Waals surface area contributed by atoms with Crippen molar-refractivity contribution >= 4 is 17.5 Å². The summed E-state index contributed by atoms with van der Waals surface area (Å²) in [4.78, 5) is 14.7. The lowest BCUT2D eigenvalue weighted by molar-refractivity contribution is -0.116. The van der Waals surface area contributed by atoms with E-state index in [0.717, 1.165) is 35.7 Å². The Morgan fingerprint density at radius 3 is 2.41 bits per heavy atom. The number of nitrogens with one attached hydrogen (secondary N) is 1. The summed E-state index contributed by atoms with van der Waals surface area (Å²) in [7, 11) is 0. The molecule has 0 bridgehead atoms. The molecule has 0 unspecified atom stereocenters. The molecule has 8 heteroatoms. The number of fused-ring (bicyclic) bond motifs is 1. The van der Waals surface area contributed by atoms with Gasteiger partial charge in [0.15, 0.2) is 11.6 Å². The minimum atomic E-state index is -0.120. The maximum Gasteiger partial charge on any atom is 0.226 e. The zero-order valence-corrected chi connectivity index (χ0v) is 16.2. The summed E-state index contributed by atoms with van der Waals surface area (Å²) in [6.07, 6.45) is 2.70. The lowest BCUT2D eigenvalue weighted by atomic mass is 9.86. The zero-order valence-electron chi connectivity index (χ0n) is 16.2. The van der Waals surface area contributed by atoms with E-state index in [-0.39, 0.29) is 17.6 Å². The smallest absolute Gasteiger partial charge is 0.226 e. The van der Waals surface area contributed by atoms with Crippen LogP contribution >= 0.6 is 0 Å². The molecule has 1 saturated heterocycles. The van der Waals surface area contributed by atoms with Crippen LogP contribution in [0.4, 0.5) is 11.6 Å². The van der Waals surface area contributed by atoms with Gasteiger partial charge >= 0.3 is 0 Å². The van der Waals surface area contributed by atoms with Crippen molar-refractivity contribution in [3.63, 3.8) is 0 Å². The summed E-state index contributed by atoms with van der Waals surface area (Å²) in [6, 6.07) is 10.8. The van der Waals surface area contributed by atoms with Gasteiger partial charge in [-0.25, -0.2) is 0 Å². The molecule has 0 saturated carbocycles. The number of aryl methyl sites for hydroxylation is 1. The average molecular weight is 390 g/mol. The van der Waals surface area contributed by atoms with E-state index in [1.807, 2.05) is 31.2 Å². The van der Waals surface area contributed by atoms with Crippen LogP contribution in [-0.2, 0) is 4.79 Å². The Balaban J connectivity index is 1.54. The number of hydrogen-bond donors (Lipinski definition) is 2. The van der Waals surface area contributed by atoms with Gasteiger partial charge in [-0.2, -0.15) is 9.78 Å². The molecule has 3 aromatic rings. The maximum atomic E-state index is 12.5. The van der Waals surface area contributed by atoms with E-state index in [0.29, 0.717) is 18.1 Å². The van der Waals surface area contributed by atoms with Crippen molar-refractivity contribution in [2.24, 2.45) is 0 Å². The minimum absolute atomic E-state index is 0.0710. The molecule has 29 heavy (non-hydrogen) atoms. The molecule has 1 atom stereocenters. The summed E-state index contributed by atoms with van der Waals surface area (Å²) in [5.74, 6) is 2.09. The Bertz CT molecular complexity index is 1050. The fourth-order valence-corrected chi connectivity index (χ4v) is 4.25. The summed E-state index contributed by atoms with van der Waals surface area (Å²) in [6.45, 7) is 3.95. The third-order valence-electron chi connectivity index (χ3n) is 5.68. The van der Waals surface area contributed by atoms with Crippen molar-refractivity contribution in [3.8, 4) is 11.6 Å². The van der Waals surface area contributed by atoms with Crippen LogP contribution in [0.5, 0.6) is 5.75 Å². The predicted octanol–water partition coefficient (Wildman–Crippen LogP) is 2.75. The molecule has 0 radical (unpaired) electrons. The van der Waals surface area contributed by atoms with Crippen molar-refractivity contribution in [3.05, 3.63) is 53.2 Å². The number of carbonyl (C=O) groups excluding carboxylic acids is 1. The summed E-state index contributed by atoms with van der Waals surface area (Å²) in [5, 5.41) is 26.0. The predicted molar refractivity (Wildman–Crippen MR) is 109 cm³/mol. The molecule has 2 aromatic heterocycles. The number of carbonyl (C=O) groups is 1. The summed E-state index contributed by atoms with van der Waals surface area (Å²) in [5.41, 5.74) is 2.78. The summed E-state index contributed by atoms with van der Waals surface area (Å²) >= 11 is 0. The first kappa shape index (κ1) is 17.7. The molecule has 2 aliphatic rings. The molecule has 0 aliphatic carbocycles. The molecule has 1 aromatic carbocycles. The second-order valence-corrected chi connectivity index (χ2v) is 7.60. The number of phenolic OH excluding ortho intramolecular Hbond substituents is 1. The second kappa shape index (κ2) is 6.88. The molecule has 2 N–H and O–H groups in total. The molecule has 4 heterocycles. The van der Waals surface area contributed by atoms with Crippen LogP contribution < -0.4 is 10.2 Å². The molecule has 2 aliphatic heterocycles. The van der Waals surface area contributed by atoms with Gasteiger partial charge in [-0.3, -0.25) is 4.79 Å². The SMILES string of the molecule is Cc1nn(-c2ccc(N3CCCC3)nn2)c2c1[C@@H](c1ccc(O)cc1)CC(=O)N2. The van der Waals surface area contributed by atoms with Gasteiger partial charge in [0.1, 0.15) is 11.6 Å². The standard InChI is InChI=1S/C21H22N6O2/c1-13-20-16(14-4-6-15(28)7-5-14)12-19(29)22-21(20)27(25-13)18-9-8-17(23-24-18)26-10-2-3-11-26/h4-9,16,28H,2-3,10-12H2,1H3,(H,22,29)/t16-/m1/s1. The monoisotopic (exact) mass is 390 g/mol. The van der Waals surface area contributed by atoms with Gasteiger partial charge in [-0.15, -0.1) is 10.2 Å². The lowest BCUT2D eigenvalue weighted by Gasteiger charge is -2.24. The van der Waals surface area contributed by atoms with Crippen LogP contribution in [0.3, 0.4) is 0 Å². The van der Waals surface area contributed by atoms with Gasteiger partial charge in [0.05, 0.1) is 5.69 Å². The van der Waals surface area contributed by atoms with Crippen LogP contribution in [-0.4, -0.2) is 44.1 Å². The maximum absolute atomic E-state index is 12.5. The van der Waals surface area contributed by atoms with Crippen LogP contribution in [0.15, 0.2) is 36.4 Å². The number of rotatable bonds is 3. The van der Waals surface area contributed by atoms with E-state index < -0.39 is 0 Å². The van der Waals surface area contributed by atoms with E-state index in [4.69, 9.17) is 0 Å². The molecular formula is C21H22N6O2. The van der Waals surface area contributed by atoms with Gasteiger partial charge < -0.3 is 15.3 Å². The highest BCUT2D eigenvalue weighted by atomic mass is 16.3. The van der Waals surface area contributed by atoms with Gasteiger partial charge in [-0.05, 0) is 49.6 Å². The number of hydrogen-bond acceptors (Lipinski definition) is 6. The highest BCUT2D eigenvalue weighted by Gasteiger charge is 2.33. The van der Waals surface area contributed by atoms with E-state index in [1.54, 1.807) is 16.8 Å². The van der Waals surface area contributed by atoms with E-state index in [2.05, 4.69) is 25.5 Å². The molecule has 0 spiro atoms. The van der Waals surface area contributed by atoms with E-state index in [9.17, 15) is 9.90 Å². The number of phenols is 1. The molecule has 5 rings (SSSR count). The molecule has 1 amide bonds. The van der Waals surface area contributed by atoms with E-state index >= 15 is 0 Å². The van der Waals surface area contributed by atoms with Crippen LogP contribution in [0.1, 0.15) is 42.0 Å². The summed E-state index contributed by atoms with van der Waals surface area (Å²) < 4.78 is 1.66. The zero-order chi connectivity index (χ0) is 20.0. The van der Waals surface area contributed by atoms with Gasteiger partial charge in [0, 0.05) is 31.0 Å². The largest absolute Gasteiger partial charge is 0.508 e. The van der Waals surface area contributed by atoms with Gasteiger partial charge in [0.2, 0.25) is 5.91 Å². The second-order valence-electron chi connectivity index (χ2n) is 7.60. The number of amides is 1. The van der Waals surface area contributed by atoms with Crippen molar-refractivity contribution < 1.29 is 9.90 Å². The number of aromatic nitrogens is 4. The molecule has 8 nitrogen and oxygen atoms in total. The van der Waals surface area contributed by atoms with Crippen LogP contribution in [0, 0.1) is 6.92 Å². The number of nitrogens with zero attached hydrogens (tertiary/aromatic N) is 5. The Hall–Kier alpha value is -3.42. The third-order valence-corrected chi connectivity index (χ3v) is 5.68. The van der Waals surface area contributed by atoms with Crippen molar-refractivity contribution in [1.29, 1.82) is 0 Å². The van der Waals surface area contributed by atoms with Crippen molar-refractivity contribution in [1.82, 2.24) is 20.0 Å². The van der Waals surface area contributed by atoms with E-state index in [1.165, 1.54) is 12.8 Å². The fourth-order valence-electron chi connectivity index (χ4n) is 4.25. The normalized spacial score (nSPS) is 18.6. The Morgan fingerprint density at radius 1 is 1.03 bits per heavy atom. The number of benzene rings is 1. The van der Waals surface area contributed by atoms with Crippen molar-refractivity contribution in [2.45, 2.75) is 32.1 Å². The van der Waals surface area contributed by atoms with Gasteiger partial charge in [-0.1, -0.05) is 12.1 Å².